The molecule has 0 aliphatic heterocycles. The second-order valence-corrected chi connectivity index (χ2v) is 6.33. The van der Waals surface area contributed by atoms with Crippen LogP contribution in [-0.4, -0.2) is 21.9 Å². The topological polar surface area (TPSA) is 66.9 Å². The van der Waals surface area contributed by atoms with E-state index in [4.69, 9.17) is 23.2 Å². The van der Waals surface area contributed by atoms with Gasteiger partial charge in [-0.2, -0.15) is 0 Å². The Kier molecular flexibility index (Phi) is 4.98. The summed E-state index contributed by atoms with van der Waals surface area (Å²) >= 11 is 11.9. The molecule has 5 nitrogen and oxygen atoms in total. The van der Waals surface area contributed by atoms with E-state index in [9.17, 15) is 4.79 Å². The Morgan fingerprint density at radius 1 is 1.13 bits per heavy atom. The third-order valence-corrected chi connectivity index (χ3v) is 4.32. The molecule has 3 rings (SSSR count). The first kappa shape index (κ1) is 16.0. The van der Waals surface area contributed by atoms with Crippen molar-refractivity contribution in [1.29, 1.82) is 0 Å². The zero-order valence-corrected chi connectivity index (χ0v) is 13.9. The number of hydrogen-bond donors (Lipinski definition) is 2. The molecule has 1 aliphatic rings. The SMILES string of the molecule is O=C(Nc1ccc(Cl)cc1Cl)c1cnc(NC2CCCC2)cn1. The number of aromatic nitrogens is 2. The van der Waals surface area contributed by atoms with E-state index in [-0.39, 0.29) is 11.6 Å². The average Bonchev–Trinajstić information content (AvgIpc) is 3.04. The van der Waals surface area contributed by atoms with Crippen LogP contribution in [0.15, 0.2) is 30.6 Å². The highest BCUT2D eigenvalue weighted by Crippen LogP contribution is 2.25. The van der Waals surface area contributed by atoms with Crippen molar-refractivity contribution in [3.05, 3.63) is 46.3 Å². The molecule has 120 valence electrons. The maximum absolute atomic E-state index is 12.2. The summed E-state index contributed by atoms with van der Waals surface area (Å²) in [6, 6.07) is 5.32. The first-order valence-corrected chi connectivity index (χ1v) is 8.22. The van der Waals surface area contributed by atoms with E-state index in [0.717, 1.165) is 12.8 Å². The van der Waals surface area contributed by atoms with Crippen molar-refractivity contribution >= 4 is 40.6 Å². The Labute approximate surface area is 144 Å². The highest BCUT2D eigenvalue weighted by Gasteiger charge is 2.16. The predicted octanol–water partition coefficient (Wildman–Crippen LogP) is 4.39. The van der Waals surface area contributed by atoms with Gasteiger partial charge in [0.2, 0.25) is 0 Å². The van der Waals surface area contributed by atoms with E-state index in [1.807, 2.05) is 0 Å². The molecule has 1 saturated carbocycles. The molecule has 0 bridgehead atoms. The van der Waals surface area contributed by atoms with Crippen molar-refractivity contribution in [1.82, 2.24) is 9.97 Å². The van der Waals surface area contributed by atoms with Gasteiger partial charge in [-0.1, -0.05) is 36.0 Å². The van der Waals surface area contributed by atoms with E-state index >= 15 is 0 Å². The number of nitrogens with zero attached hydrogens (tertiary/aromatic N) is 2. The van der Waals surface area contributed by atoms with Gasteiger partial charge >= 0.3 is 0 Å². The number of hydrogen-bond acceptors (Lipinski definition) is 4. The molecular weight excluding hydrogens is 335 g/mol. The normalized spacial score (nSPS) is 14.7. The minimum absolute atomic E-state index is 0.230. The number of carbonyl (C=O) groups is 1. The minimum atomic E-state index is -0.367. The Morgan fingerprint density at radius 2 is 1.91 bits per heavy atom. The molecule has 0 saturated heterocycles. The van der Waals surface area contributed by atoms with Crippen molar-refractivity contribution in [3.8, 4) is 0 Å². The summed E-state index contributed by atoms with van der Waals surface area (Å²) in [5.41, 5.74) is 0.712. The Morgan fingerprint density at radius 3 is 2.57 bits per heavy atom. The van der Waals surface area contributed by atoms with Crippen LogP contribution in [0.1, 0.15) is 36.2 Å². The van der Waals surface area contributed by atoms with Gasteiger partial charge in [0.15, 0.2) is 0 Å². The number of carbonyl (C=O) groups excluding carboxylic acids is 1. The maximum atomic E-state index is 12.2. The molecule has 1 aromatic carbocycles. The van der Waals surface area contributed by atoms with Crippen LogP contribution in [0.3, 0.4) is 0 Å². The molecule has 0 unspecified atom stereocenters. The van der Waals surface area contributed by atoms with E-state index < -0.39 is 0 Å². The van der Waals surface area contributed by atoms with Crippen molar-refractivity contribution in [2.45, 2.75) is 31.7 Å². The number of amides is 1. The van der Waals surface area contributed by atoms with Gasteiger partial charge < -0.3 is 10.6 Å². The number of nitrogens with one attached hydrogen (secondary N) is 2. The van der Waals surface area contributed by atoms with Crippen molar-refractivity contribution in [2.24, 2.45) is 0 Å². The number of halogens is 2. The van der Waals surface area contributed by atoms with E-state index in [2.05, 4.69) is 20.6 Å². The summed E-state index contributed by atoms with van der Waals surface area (Å²) in [6.07, 6.45) is 7.83. The van der Waals surface area contributed by atoms with Crippen LogP contribution in [0, 0.1) is 0 Å². The highest BCUT2D eigenvalue weighted by atomic mass is 35.5. The lowest BCUT2D eigenvalue weighted by molar-refractivity contribution is 0.102. The van der Waals surface area contributed by atoms with Crippen LogP contribution in [0.5, 0.6) is 0 Å². The van der Waals surface area contributed by atoms with Gasteiger partial charge in [-0.15, -0.1) is 0 Å². The summed E-state index contributed by atoms with van der Waals surface area (Å²) in [7, 11) is 0. The van der Waals surface area contributed by atoms with Gasteiger partial charge in [0.1, 0.15) is 11.5 Å². The number of benzene rings is 1. The van der Waals surface area contributed by atoms with Gasteiger partial charge in [0.05, 0.1) is 23.1 Å². The molecule has 0 spiro atoms. The fourth-order valence-corrected chi connectivity index (χ4v) is 3.03. The van der Waals surface area contributed by atoms with Crippen LogP contribution in [0.2, 0.25) is 10.0 Å². The summed E-state index contributed by atoms with van der Waals surface area (Å²) in [5.74, 6) is 0.326. The summed E-state index contributed by atoms with van der Waals surface area (Å²) in [4.78, 5) is 20.6. The van der Waals surface area contributed by atoms with Crippen LogP contribution in [-0.2, 0) is 0 Å². The van der Waals surface area contributed by atoms with Gasteiger partial charge in [0.25, 0.3) is 5.91 Å². The molecule has 1 aliphatic carbocycles. The number of rotatable bonds is 4. The maximum Gasteiger partial charge on any atom is 0.275 e. The largest absolute Gasteiger partial charge is 0.366 e. The fraction of sp³-hybridized carbons (Fsp3) is 0.312. The number of anilines is 2. The molecule has 1 fully saturated rings. The first-order chi connectivity index (χ1) is 11.1. The van der Waals surface area contributed by atoms with Gasteiger partial charge in [-0.05, 0) is 31.0 Å². The molecule has 7 heteroatoms. The van der Waals surface area contributed by atoms with Crippen molar-refractivity contribution in [2.75, 3.05) is 10.6 Å². The van der Waals surface area contributed by atoms with Crippen LogP contribution in [0.25, 0.3) is 0 Å². The predicted molar refractivity (Wildman–Crippen MR) is 92.3 cm³/mol. The van der Waals surface area contributed by atoms with Gasteiger partial charge in [0, 0.05) is 11.1 Å². The Hall–Kier alpha value is -1.85. The Bertz CT molecular complexity index is 700. The van der Waals surface area contributed by atoms with Crippen LogP contribution >= 0.6 is 23.2 Å². The summed E-state index contributed by atoms with van der Waals surface area (Å²) in [5, 5.41) is 6.91. The molecule has 1 amide bonds. The van der Waals surface area contributed by atoms with Crippen LogP contribution in [0.4, 0.5) is 11.5 Å². The van der Waals surface area contributed by atoms with Gasteiger partial charge in [-0.25, -0.2) is 9.97 Å². The average molecular weight is 351 g/mol. The van der Waals surface area contributed by atoms with E-state index in [1.165, 1.54) is 19.0 Å². The molecule has 2 aromatic rings. The van der Waals surface area contributed by atoms with Crippen LogP contribution < -0.4 is 10.6 Å². The van der Waals surface area contributed by atoms with Crippen molar-refractivity contribution < 1.29 is 4.79 Å². The van der Waals surface area contributed by atoms with E-state index in [0.29, 0.717) is 27.6 Å². The smallest absolute Gasteiger partial charge is 0.275 e. The lowest BCUT2D eigenvalue weighted by Crippen LogP contribution is -2.17. The molecule has 1 heterocycles. The Balaban J connectivity index is 1.65. The third-order valence-electron chi connectivity index (χ3n) is 3.77. The fourth-order valence-electron chi connectivity index (χ4n) is 2.58. The van der Waals surface area contributed by atoms with Gasteiger partial charge in [-0.3, -0.25) is 4.79 Å². The molecular formula is C16H16Cl2N4O. The monoisotopic (exact) mass is 350 g/mol. The summed E-state index contributed by atoms with van der Waals surface area (Å²) < 4.78 is 0. The lowest BCUT2D eigenvalue weighted by Gasteiger charge is -2.12. The molecule has 1 aromatic heterocycles. The zero-order valence-electron chi connectivity index (χ0n) is 12.4. The molecule has 23 heavy (non-hydrogen) atoms. The quantitative estimate of drug-likeness (QED) is 0.857. The first-order valence-electron chi connectivity index (χ1n) is 7.47. The lowest BCUT2D eigenvalue weighted by atomic mass is 10.2. The molecule has 2 N–H and O–H groups in total. The summed E-state index contributed by atoms with van der Waals surface area (Å²) in [6.45, 7) is 0. The third kappa shape index (κ3) is 4.12. The van der Waals surface area contributed by atoms with E-state index in [1.54, 1.807) is 24.4 Å². The minimum Gasteiger partial charge on any atom is -0.366 e. The zero-order chi connectivity index (χ0) is 16.2. The second-order valence-electron chi connectivity index (χ2n) is 5.49. The van der Waals surface area contributed by atoms with Crippen molar-refractivity contribution in [3.63, 3.8) is 0 Å². The second kappa shape index (κ2) is 7.15. The molecule has 0 atom stereocenters. The molecule has 0 radical (unpaired) electrons. The standard InChI is InChI=1S/C16H16Cl2N4O/c17-10-5-6-13(12(18)7-10)22-16(23)14-8-20-15(9-19-14)21-11-3-1-2-4-11/h5-9,11H,1-4H2,(H,20,21)(H,22,23). The highest BCUT2D eigenvalue weighted by molar-refractivity contribution is 6.36.